The van der Waals surface area contributed by atoms with E-state index in [-0.39, 0.29) is 17.7 Å². The zero-order valence-corrected chi connectivity index (χ0v) is 23.3. The second kappa shape index (κ2) is 12.8. The van der Waals surface area contributed by atoms with Gasteiger partial charge in [-0.3, -0.25) is 9.78 Å². The number of aryl methyl sites for hydroxylation is 2. The number of rotatable bonds is 10. The maximum atomic E-state index is 12.7. The van der Waals surface area contributed by atoms with Gasteiger partial charge in [-0.15, -0.1) is 13.2 Å². The second-order valence-electron chi connectivity index (χ2n) is 10.1. The van der Waals surface area contributed by atoms with E-state index in [2.05, 4.69) is 43.2 Å². The molecule has 1 N–H and O–H groups in total. The molecule has 1 amide bonds. The smallest absolute Gasteiger partial charge is 0.406 e. The molecule has 1 unspecified atom stereocenters. The van der Waals surface area contributed by atoms with Crippen LogP contribution in [0.4, 0.5) is 18.9 Å². The van der Waals surface area contributed by atoms with Crippen molar-refractivity contribution in [3.8, 4) is 5.75 Å². The van der Waals surface area contributed by atoms with E-state index >= 15 is 0 Å². The molecule has 1 saturated heterocycles. The maximum Gasteiger partial charge on any atom is 0.573 e. The first kappa shape index (κ1) is 28.9. The van der Waals surface area contributed by atoms with Crippen molar-refractivity contribution >= 4 is 22.9 Å². The molecule has 0 saturated carbocycles. The average molecular weight is 561 g/mol. The number of likely N-dealkylation sites (tertiary alicyclic amines) is 1. The topological polar surface area (TPSA) is 57.7 Å². The zero-order chi connectivity index (χ0) is 28.0. The van der Waals surface area contributed by atoms with Crippen molar-refractivity contribution in [3.05, 3.63) is 75.7 Å². The largest absolute Gasteiger partial charge is 0.573 e. The van der Waals surface area contributed by atoms with E-state index in [9.17, 15) is 18.0 Å². The number of halogens is 3. The van der Waals surface area contributed by atoms with Crippen LogP contribution in [0.25, 0.3) is 0 Å². The summed E-state index contributed by atoms with van der Waals surface area (Å²) in [5, 5.41) is 7.19. The number of pyridine rings is 1. The number of alkyl halides is 3. The lowest BCUT2D eigenvalue weighted by Gasteiger charge is -2.42. The number of nitrogens with zero attached hydrogens (tertiary/aromatic N) is 3. The number of amides is 1. The molecule has 6 nitrogen and oxygen atoms in total. The van der Waals surface area contributed by atoms with Crippen LogP contribution in [0.5, 0.6) is 5.75 Å². The number of anilines is 1. The van der Waals surface area contributed by atoms with Crippen molar-refractivity contribution in [2.75, 3.05) is 24.5 Å². The van der Waals surface area contributed by atoms with Gasteiger partial charge in [0.2, 0.25) is 0 Å². The summed E-state index contributed by atoms with van der Waals surface area (Å²) in [6.45, 7) is 9.07. The number of thiophene rings is 1. The van der Waals surface area contributed by atoms with Crippen LogP contribution >= 0.6 is 11.3 Å². The van der Waals surface area contributed by atoms with Gasteiger partial charge in [0.25, 0.3) is 5.91 Å². The SMILES string of the molecule is Cc1ccnc(C)c1C(=O)NCCC(C)N1CCC(N(Cc2ccsc2)c2ccc(OC(F)(F)F)cc2)CC1. The Morgan fingerprint density at radius 1 is 1.18 bits per heavy atom. The first-order valence-corrected chi connectivity index (χ1v) is 14.1. The monoisotopic (exact) mass is 560 g/mol. The zero-order valence-electron chi connectivity index (χ0n) is 22.5. The van der Waals surface area contributed by atoms with Gasteiger partial charge in [-0.25, -0.2) is 0 Å². The Balaban J connectivity index is 1.32. The molecule has 3 heterocycles. The molecule has 10 heteroatoms. The first-order chi connectivity index (χ1) is 18.6. The first-order valence-electron chi connectivity index (χ1n) is 13.2. The Morgan fingerprint density at radius 2 is 1.90 bits per heavy atom. The van der Waals surface area contributed by atoms with Gasteiger partial charge in [0.05, 0.1) is 11.3 Å². The summed E-state index contributed by atoms with van der Waals surface area (Å²) in [6.07, 6.45) is -0.271. The predicted octanol–water partition coefficient (Wildman–Crippen LogP) is 6.34. The summed E-state index contributed by atoms with van der Waals surface area (Å²) in [7, 11) is 0. The fraction of sp³-hybridized carbons (Fsp3) is 0.448. The summed E-state index contributed by atoms with van der Waals surface area (Å²) < 4.78 is 41.9. The third-order valence-electron chi connectivity index (χ3n) is 7.32. The lowest BCUT2D eigenvalue weighted by Crippen LogP contribution is -2.48. The van der Waals surface area contributed by atoms with Gasteiger partial charge in [0, 0.05) is 50.1 Å². The van der Waals surface area contributed by atoms with Crippen molar-refractivity contribution in [1.82, 2.24) is 15.2 Å². The third-order valence-corrected chi connectivity index (χ3v) is 8.05. The predicted molar refractivity (Wildman–Crippen MR) is 148 cm³/mol. The highest BCUT2D eigenvalue weighted by Crippen LogP contribution is 2.30. The normalized spacial score (nSPS) is 15.6. The number of carbonyl (C=O) groups excluding carboxylic acids is 1. The summed E-state index contributed by atoms with van der Waals surface area (Å²) in [5.41, 5.74) is 4.36. The summed E-state index contributed by atoms with van der Waals surface area (Å²) >= 11 is 1.63. The molecule has 0 bridgehead atoms. The number of hydrogen-bond acceptors (Lipinski definition) is 6. The Morgan fingerprint density at radius 3 is 2.51 bits per heavy atom. The van der Waals surface area contributed by atoms with Gasteiger partial charge in [-0.2, -0.15) is 11.3 Å². The van der Waals surface area contributed by atoms with Crippen LogP contribution in [0.15, 0.2) is 53.4 Å². The molecular weight excluding hydrogens is 525 g/mol. The van der Waals surface area contributed by atoms with E-state index in [1.807, 2.05) is 25.3 Å². The van der Waals surface area contributed by atoms with Gasteiger partial charge in [0.1, 0.15) is 5.75 Å². The van der Waals surface area contributed by atoms with Gasteiger partial charge in [-0.05, 0) is 98.3 Å². The number of aromatic nitrogens is 1. The van der Waals surface area contributed by atoms with E-state index < -0.39 is 6.36 Å². The summed E-state index contributed by atoms with van der Waals surface area (Å²) in [4.78, 5) is 21.7. The van der Waals surface area contributed by atoms with E-state index in [1.165, 1.54) is 17.7 Å². The van der Waals surface area contributed by atoms with Gasteiger partial charge in [-0.1, -0.05) is 0 Å². The number of hydrogen-bond donors (Lipinski definition) is 1. The highest BCUT2D eigenvalue weighted by molar-refractivity contribution is 7.07. The van der Waals surface area contributed by atoms with Crippen molar-refractivity contribution in [2.24, 2.45) is 0 Å². The lowest BCUT2D eigenvalue weighted by atomic mass is 9.99. The molecular formula is C29H35F3N4O2S. The summed E-state index contributed by atoms with van der Waals surface area (Å²) in [6, 6.07) is 10.7. The van der Waals surface area contributed by atoms with Crippen LogP contribution in [0, 0.1) is 13.8 Å². The minimum atomic E-state index is -4.71. The highest BCUT2D eigenvalue weighted by Gasteiger charge is 2.31. The van der Waals surface area contributed by atoms with Crippen molar-refractivity contribution in [2.45, 2.75) is 65.0 Å². The van der Waals surface area contributed by atoms with E-state index in [0.717, 1.165) is 49.3 Å². The van der Waals surface area contributed by atoms with E-state index in [1.54, 1.807) is 29.7 Å². The quantitative estimate of drug-likeness (QED) is 0.314. The fourth-order valence-electron chi connectivity index (χ4n) is 5.19. The lowest BCUT2D eigenvalue weighted by molar-refractivity contribution is -0.274. The van der Waals surface area contributed by atoms with Gasteiger partial charge < -0.3 is 19.9 Å². The molecule has 39 heavy (non-hydrogen) atoms. The second-order valence-corrected chi connectivity index (χ2v) is 10.8. The van der Waals surface area contributed by atoms with Crippen LogP contribution in [0.2, 0.25) is 0 Å². The molecule has 1 fully saturated rings. The third kappa shape index (κ3) is 7.95. The van der Waals surface area contributed by atoms with Crippen LogP contribution in [0.1, 0.15) is 53.4 Å². The Bertz CT molecular complexity index is 1190. The highest BCUT2D eigenvalue weighted by atomic mass is 32.1. The Kier molecular flexibility index (Phi) is 9.50. The minimum absolute atomic E-state index is 0.0836. The Hall–Kier alpha value is -3.11. The van der Waals surface area contributed by atoms with Crippen LogP contribution in [-0.2, 0) is 6.54 Å². The minimum Gasteiger partial charge on any atom is -0.406 e. The number of nitrogens with one attached hydrogen (secondary N) is 1. The molecule has 1 atom stereocenters. The molecule has 1 aromatic carbocycles. The molecule has 1 aliphatic heterocycles. The Labute approximate surface area is 231 Å². The number of ether oxygens (including phenoxy) is 1. The van der Waals surface area contributed by atoms with E-state index in [0.29, 0.717) is 24.7 Å². The fourth-order valence-corrected chi connectivity index (χ4v) is 5.85. The van der Waals surface area contributed by atoms with Crippen molar-refractivity contribution in [1.29, 1.82) is 0 Å². The van der Waals surface area contributed by atoms with E-state index in [4.69, 9.17) is 0 Å². The number of piperidine rings is 1. The average Bonchev–Trinajstić information content (AvgIpc) is 3.40. The van der Waals surface area contributed by atoms with Gasteiger partial charge in [0.15, 0.2) is 0 Å². The molecule has 210 valence electrons. The van der Waals surface area contributed by atoms with Crippen molar-refractivity contribution < 1.29 is 22.7 Å². The molecule has 0 radical (unpaired) electrons. The van der Waals surface area contributed by atoms with Crippen molar-refractivity contribution in [3.63, 3.8) is 0 Å². The standard InChI is InChI=1S/C29H35F3N4O2S/c1-20-8-13-33-22(3)27(20)28(37)34-14-9-21(2)35-15-10-25(11-16-35)36(18-23-12-17-39-19-23)24-4-6-26(7-5-24)38-29(30,31)32/h4-8,12-13,17,19,21,25H,9-11,14-16,18H2,1-3H3,(H,34,37). The number of carbonyl (C=O) groups is 1. The van der Waals surface area contributed by atoms with Gasteiger partial charge >= 0.3 is 6.36 Å². The molecule has 4 rings (SSSR count). The van der Waals surface area contributed by atoms with Crippen LogP contribution < -0.4 is 15.0 Å². The molecule has 2 aromatic heterocycles. The summed E-state index contributed by atoms with van der Waals surface area (Å²) in [5.74, 6) is -0.300. The molecule has 1 aliphatic rings. The molecule has 0 aliphatic carbocycles. The molecule has 3 aromatic rings. The number of benzene rings is 1. The van der Waals surface area contributed by atoms with Crippen LogP contribution in [-0.4, -0.2) is 53.9 Å². The maximum absolute atomic E-state index is 12.7. The molecule has 0 spiro atoms. The van der Waals surface area contributed by atoms with Crippen LogP contribution in [0.3, 0.4) is 0 Å².